The van der Waals surface area contributed by atoms with Crippen molar-refractivity contribution in [1.82, 2.24) is 13.9 Å². The Bertz CT molecular complexity index is 756. The molecule has 1 aliphatic rings. The first-order chi connectivity index (χ1) is 9.95. The van der Waals surface area contributed by atoms with Crippen LogP contribution in [0.2, 0.25) is 10.2 Å². The van der Waals surface area contributed by atoms with Crippen LogP contribution in [0.25, 0.3) is 0 Å². The zero-order valence-corrected chi connectivity index (χ0v) is 13.4. The van der Waals surface area contributed by atoms with Crippen LogP contribution in [-0.2, 0) is 28.9 Å². The van der Waals surface area contributed by atoms with Crippen molar-refractivity contribution >= 4 is 33.2 Å². The van der Waals surface area contributed by atoms with Gasteiger partial charge < -0.3 is 4.57 Å². The monoisotopic (exact) mass is 345 g/mol. The molecule has 2 heterocycles. The smallest absolute Gasteiger partial charge is 0.218 e. The van der Waals surface area contributed by atoms with E-state index < -0.39 is 10.0 Å². The van der Waals surface area contributed by atoms with Crippen LogP contribution in [0.1, 0.15) is 11.4 Å². The lowest BCUT2D eigenvalue weighted by Crippen LogP contribution is -2.39. The average Bonchev–Trinajstić information content (AvgIpc) is 2.82. The van der Waals surface area contributed by atoms with Crippen LogP contribution in [0.5, 0.6) is 0 Å². The summed E-state index contributed by atoms with van der Waals surface area (Å²) in [6.45, 7) is 1.18. The third-order valence-electron chi connectivity index (χ3n) is 3.44. The first-order valence-corrected chi connectivity index (χ1v) is 8.74. The molecule has 0 aliphatic carbocycles. The van der Waals surface area contributed by atoms with Crippen LogP contribution in [-0.4, -0.2) is 28.8 Å². The second-order valence-corrected chi connectivity index (χ2v) is 7.66. The second-order valence-electron chi connectivity index (χ2n) is 4.87. The zero-order chi connectivity index (χ0) is 15.0. The second kappa shape index (κ2) is 5.61. The molecule has 0 unspecified atom stereocenters. The van der Waals surface area contributed by atoms with Crippen molar-refractivity contribution in [3.05, 3.63) is 52.0 Å². The van der Waals surface area contributed by atoms with Gasteiger partial charge in [-0.3, -0.25) is 0 Å². The molecule has 0 spiro atoms. The number of fused-ring (bicyclic) bond motifs is 1. The molecule has 0 N–H and O–H groups in total. The highest BCUT2D eigenvalue weighted by Gasteiger charge is 2.28. The van der Waals surface area contributed by atoms with Gasteiger partial charge in [0, 0.05) is 18.1 Å². The molecular formula is C13H13Cl2N3O2S. The molecule has 5 nitrogen and oxygen atoms in total. The predicted molar refractivity (Wildman–Crippen MR) is 81.7 cm³/mol. The third-order valence-corrected chi connectivity index (χ3v) is 5.79. The van der Waals surface area contributed by atoms with Crippen molar-refractivity contribution in [2.45, 2.75) is 18.8 Å². The summed E-state index contributed by atoms with van der Waals surface area (Å²) in [5.74, 6) is 0.629. The molecule has 8 heteroatoms. The Morgan fingerprint density at radius 1 is 1.14 bits per heavy atom. The van der Waals surface area contributed by atoms with Gasteiger partial charge in [-0.05, 0) is 17.7 Å². The summed E-state index contributed by atoms with van der Waals surface area (Å²) in [5.41, 5.74) is 0.714. The van der Waals surface area contributed by atoms with Crippen molar-refractivity contribution in [3.63, 3.8) is 0 Å². The average molecular weight is 346 g/mol. The normalized spacial score (nSPS) is 15.9. The lowest BCUT2D eigenvalue weighted by Gasteiger charge is -2.27. The highest BCUT2D eigenvalue weighted by Crippen LogP contribution is 2.22. The lowest BCUT2D eigenvalue weighted by atomic mass is 10.2. The maximum atomic E-state index is 12.5. The topological polar surface area (TPSA) is 55.2 Å². The summed E-state index contributed by atoms with van der Waals surface area (Å²) in [7, 11) is -3.39. The van der Waals surface area contributed by atoms with Crippen molar-refractivity contribution in [1.29, 1.82) is 0 Å². The Morgan fingerprint density at radius 2 is 1.86 bits per heavy atom. The molecule has 0 radical (unpaired) electrons. The molecule has 0 saturated carbocycles. The van der Waals surface area contributed by atoms with Gasteiger partial charge in [-0.15, -0.1) is 0 Å². The number of sulfonamides is 1. The number of hydrogen-bond acceptors (Lipinski definition) is 3. The molecule has 0 amide bonds. The number of benzene rings is 1. The fraction of sp³-hybridized carbons (Fsp3) is 0.308. The number of nitrogens with zero attached hydrogens (tertiary/aromatic N) is 3. The molecule has 3 rings (SSSR count). The van der Waals surface area contributed by atoms with Gasteiger partial charge in [-0.25, -0.2) is 13.4 Å². The maximum Gasteiger partial charge on any atom is 0.218 e. The summed E-state index contributed by atoms with van der Waals surface area (Å²) >= 11 is 11.8. The van der Waals surface area contributed by atoms with Gasteiger partial charge >= 0.3 is 0 Å². The van der Waals surface area contributed by atoms with E-state index in [2.05, 4.69) is 4.98 Å². The summed E-state index contributed by atoms with van der Waals surface area (Å²) in [6.07, 6.45) is 1.55. The molecule has 1 aromatic carbocycles. The van der Waals surface area contributed by atoms with Gasteiger partial charge in [0.1, 0.15) is 11.0 Å². The first kappa shape index (κ1) is 14.8. The van der Waals surface area contributed by atoms with Crippen molar-refractivity contribution in [2.75, 3.05) is 6.54 Å². The van der Waals surface area contributed by atoms with Crippen LogP contribution < -0.4 is 0 Å². The predicted octanol–water partition coefficient (Wildman–Crippen LogP) is 2.54. The Labute approximate surface area is 133 Å². The van der Waals surface area contributed by atoms with E-state index in [9.17, 15) is 8.42 Å². The molecule has 1 aromatic heterocycles. The molecule has 0 fully saturated rings. The van der Waals surface area contributed by atoms with Crippen LogP contribution in [0.3, 0.4) is 0 Å². The van der Waals surface area contributed by atoms with E-state index in [1.54, 1.807) is 30.5 Å². The van der Waals surface area contributed by atoms with Gasteiger partial charge in [0.25, 0.3) is 0 Å². The maximum absolute atomic E-state index is 12.5. The van der Waals surface area contributed by atoms with Gasteiger partial charge in [0.05, 0.1) is 18.5 Å². The number of hydrogen-bond donors (Lipinski definition) is 0. The standard InChI is InChI=1S/C13H13Cl2N3O2S/c14-11-3-1-10(2-4-11)9-21(19,20)17-5-6-18-12(15)7-16-13(18)8-17/h1-4,7H,5-6,8-9H2. The number of aromatic nitrogens is 2. The molecule has 0 saturated heterocycles. The molecule has 21 heavy (non-hydrogen) atoms. The van der Waals surface area contributed by atoms with Crippen molar-refractivity contribution in [3.8, 4) is 0 Å². The van der Waals surface area contributed by atoms with Crippen LogP contribution in [0, 0.1) is 0 Å². The number of rotatable bonds is 3. The largest absolute Gasteiger partial charge is 0.317 e. The summed E-state index contributed by atoms with van der Waals surface area (Å²) in [4.78, 5) is 4.15. The highest BCUT2D eigenvalue weighted by molar-refractivity contribution is 7.88. The number of imidazole rings is 1. The summed E-state index contributed by atoms with van der Waals surface area (Å²) in [6, 6.07) is 6.83. The SMILES string of the molecule is O=S(=O)(Cc1ccc(Cl)cc1)N1CCn2c(Cl)cnc2C1. The van der Waals surface area contributed by atoms with Crippen LogP contribution in [0.15, 0.2) is 30.5 Å². The fourth-order valence-corrected chi connectivity index (χ4v) is 4.15. The molecule has 2 aromatic rings. The van der Waals surface area contributed by atoms with E-state index in [1.807, 2.05) is 4.57 Å². The first-order valence-electron chi connectivity index (χ1n) is 6.38. The Kier molecular flexibility index (Phi) is 3.96. The molecular weight excluding hydrogens is 333 g/mol. The third kappa shape index (κ3) is 3.08. The van der Waals surface area contributed by atoms with E-state index >= 15 is 0 Å². The minimum Gasteiger partial charge on any atom is -0.317 e. The van der Waals surface area contributed by atoms with E-state index in [4.69, 9.17) is 23.2 Å². The van der Waals surface area contributed by atoms with E-state index in [-0.39, 0.29) is 12.3 Å². The van der Waals surface area contributed by atoms with Gasteiger partial charge in [0.15, 0.2) is 0 Å². The summed E-state index contributed by atoms with van der Waals surface area (Å²) < 4.78 is 28.2. The van der Waals surface area contributed by atoms with Crippen molar-refractivity contribution < 1.29 is 8.42 Å². The van der Waals surface area contributed by atoms with Gasteiger partial charge in [0.2, 0.25) is 10.0 Å². The van der Waals surface area contributed by atoms with E-state index in [1.165, 1.54) is 4.31 Å². The summed E-state index contributed by atoms with van der Waals surface area (Å²) in [5, 5.41) is 1.13. The van der Waals surface area contributed by atoms with E-state index in [0.717, 1.165) is 0 Å². The van der Waals surface area contributed by atoms with Gasteiger partial charge in [-0.1, -0.05) is 35.3 Å². The quantitative estimate of drug-likeness (QED) is 0.858. The Morgan fingerprint density at radius 3 is 2.57 bits per heavy atom. The Hall–Kier alpha value is -1.08. The number of halogens is 2. The minimum atomic E-state index is -3.39. The molecule has 0 bridgehead atoms. The van der Waals surface area contributed by atoms with Gasteiger partial charge in [-0.2, -0.15) is 4.31 Å². The highest BCUT2D eigenvalue weighted by atomic mass is 35.5. The van der Waals surface area contributed by atoms with Crippen LogP contribution >= 0.6 is 23.2 Å². The molecule has 1 aliphatic heterocycles. The van der Waals surface area contributed by atoms with E-state index in [0.29, 0.717) is 34.7 Å². The minimum absolute atomic E-state index is 0.0430. The molecule has 112 valence electrons. The van der Waals surface area contributed by atoms with Crippen molar-refractivity contribution in [2.24, 2.45) is 0 Å². The fourth-order valence-electron chi connectivity index (χ4n) is 2.32. The zero-order valence-electron chi connectivity index (χ0n) is 11.0. The molecule has 0 atom stereocenters. The lowest BCUT2D eigenvalue weighted by molar-refractivity contribution is 0.335. The Balaban J connectivity index is 1.78. The van der Waals surface area contributed by atoms with Crippen LogP contribution in [0.4, 0.5) is 0 Å².